The summed E-state index contributed by atoms with van der Waals surface area (Å²) in [5.41, 5.74) is 8.27. The Kier molecular flexibility index (Phi) is 2.20. The van der Waals surface area contributed by atoms with Crippen LogP contribution < -0.4 is 11.3 Å². The summed E-state index contributed by atoms with van der Waals surface area (Å²) in [6.07, 6.45) is 2.00. The van der Waals surface area contributed by atoms with Gasteiger partial charge < -0.3 is 10.3 Å². The molecule has 3 aromatic rings. The Morgan fingerprint density at radius 1 is 1.35 bits per heavy atom. The molecule has 0 fully saturated rings. The van der Waals surface area contributed by atoms with Gasteiger partial charge in [-0.3, -0.25) is 9.89 Å². The van der Waals surface area contributed by atoms with Crippen LogP contribution in [0, 0.1) is 0 Å². The number of hydrogen-bond donors (Lipinski definition) is 2. The fourth-order valence-electron chi connectivity index (χ4n) is 2.93. The van der Waals surface area contributed by atoms with Crippen molar-refractivity contribution < 1.29 is 0 Å². The third-order valence-electron chi connectivity index (χ3n) is 3.78. The summed E-state index contributed by atoms with van der Waals surface area (Å²) in [5.74, 6) is 0.570. The zero-order valence-electron chi connectivity index (χ0n) is 10.8. The van der Waals surface area contributed by atoms with Crippen molar-refractivity contribution in [2.24, 2.45) is 0 Å². The van der Waals surface area contributed by atoms with Gasteiger partial charge in [-0.2, -0.15) is 4.98 Å². The average Bonchev–Trinajstić information content (AvgIpc) is 2.89. The lowest BCUT2D eigenvalue weighted by Gasteiger charge is -2.19. The summed E-state index contributed by atoms with van der Waals surface area (Å²) in [4.78, 5) is 16.7. The number of aromatic amines is 1. The SMILES string of the molecule is Nc1n[nH]c(-c2cc3cccc4c3n(c2=O)CCC4)n1. The first kappa shape index (κ1) is 11.2. The van der Waals surface area contributed by atoms with E-state index in [1.54, 1.807) is 0 Å². The predicted octanol–water partition coefficient (Wildman–Crippen LogP) is 1.31. The van der Waals surface area contributed by atoms with Crippen LogP contribution in [-0.4, -0.2) is 19.7 Å². The van der Waals surface area contributed by atoms with Crippen molar-refractivity contribution in [3.05, 3.63) is 40.2 Å². The molecule has 0 saturated carbocycles. The Morgan fingerprint density at radius 3 is 3.05 bits per heavy atom. The highest BCUT2D eigenvalue weighted by atomic mass is 16.1. The van der Waals surface area contributed by atoms with Crippen LogP contribution in [0.3, 0.4) is 0 Å². The number of aryl methyl sites for hydroxylation is 2. The van der Waals surface area contributed by atoms with Crippen molar-refractivity contribution in [3.8, 4) is 11.4 Å². The van der Waals surface area contributed by atoms with Crippen molar-refractivity contribution >= 4 is 16.9 Å². The molecule has 20 heavy (non-hydrogen) atoms. The zero-order chi connectivity index (χ0) is 13.7. The van der Waals surface area contributed by atoms with Gasteiger partial charge in [-0.05, 0) is 29.9 Å². The molecule has 3 N–H and O–H groups in total. The number of nitrogens with two attached hydrogens (primary N) is 1. The maximum atomic E-state index is 12.6. The number of rotatable bonds is 1. The number of nitrogens with zero attached hydrogens (tertiary/aromatic N) is 3. The van der Waals surface area contributed by atoms with Gasteiger partial charge in [0.1, 0.15) is 0 Å². The second-order valence-corrected chi connectivity index (χ2v) is 5.02. The van der Waals surface area contributed by atoms with Crippen molar-refractivity contribution in [1.29, 1.82) is 0 Å². The van der Waals surface area contributed by atoms with E-state index in [9.17, 15) is 4.79 Å². The lowest BCUT2D eigenvalue weighted by molar-refractivity contribution is 0.616. The van der Waals surface area contributed by atoms with E-state index in [0.29, 0.717) is 11.4 Å². The van der Waals surface area contributed by atoms with Crippen molar-refractivity contribution in [2.45, 2.75) is 19.4 Å². The number of aromatic nitrogens is 4. The predicted molar refractivity (Wildman–Crippen MR) is 76.3 cm³/mol. The van der Waals surface area contributed by atoms with Crippen LogP contribution in [0.2, 0.25) is 0 Å². The van der Waals surface area contributed by atoms with Crippen molar-refractivity contribution in [2.75, 3.05) is 5.73 Å². The van der Waals surface area contributed by atoms with Gasteiger partial charge in [0.25, 0.3) is 5.56 Å². The van der Waals surface area contributed by atoms with Crippen LogP contribution in [0.4, 0.5) is 5.95 Å². The van der Waals surface area contributed by atoms with Gasteiger partial charge in [0.2, 0.25) is 5.95 Å². The summed E-state index contributed by atoms with van der Waals surface area (Å²) in [7, 11) is 0. The summed E-state index contributed by atoms with van der Waals surface area (Å²) in [6, 6.07) is 7.99. The molecule has 4 rings (SSSR count). The largest absolute Gasteiger partial charge is 0.366 e. The molecule has 100 valence electrons. The highest BCUT2D eigenvalue weighted by Gasteiger charge is 2.18. The number of H-pyrrole nitrogens is 1. The maximum Gasteiger partial charge on any atom is 0.262 e. The normalized spacial score (nSPS) is 13.8. The van der Waals surface area contributed by atoms with E-state index < -0.39 is 0 Å². The number of para-hydroxylation sites is 1. The van der Waals surface area contributed by atoms with Gasteiger partial charge in [-0.25, -0.2) is 0 Å². The third kappa shape index (κ3) is 1.48. The Bertz CT molecular complexity index is 877. The minimum atomic E-state index is -0.0409. The third-order valence-corrected chi connectivity index (χ3v) is 3.78. The van der Waals surface area contributed by atoms with Gasteiger partial charge in [0.05, 0.1) is 11.1 Å². The van der Waals surface area contributed by atoms with Crippen molar-refractivity contribution in [1.82, 2.24) is 19.7 Å². The Morgan fingerprint density at radius 2 is 2.25 bits per heavy atom. The van der Waals surface area contributed by atoms with Crippen LogP contribution in [0.5, 0.6) is 0 Å². The topological polar surface area (TPSA) is 89.6 Å². The molecule has 1 aromatic carbocycles. The number of benzene rings is 1. The van der Waals surface area contributed by atoms with E-state index in [-0.39, 0.29) is 11.5 Å². The Hall–Kier alpha value is -2.63. The fraction of sp³-hybridized carbons (Fsp3) is 0.214. The summed E-state index contributed by atoms with van der Waals surface area (Å²) in [5, 5.41) is 7.55. The lowest BCUT2D eigenvalue weighted by Crippen LogP contribution is -2.26. The van der Waals surface area contributed by atoms with Gasteiger partial charge in [0.15, 0.2) is 5.82 Å². The molecular weight excluding hydrogens is 254 g/mol. The highest BCUT2D eigenvalue weighted by Crippen LogP contribution is 2.26. The molecule has 0 amide bonds. The second-order valence-electron chi connectivity index (χ2n) is 5.02. The van der Waals surface area contributed by atoms with Crippen LogP contribution in [0.1, 0.15) is 12.0 Å². The number of anilines is 1. The quantitative estimate of drug-likeness (QED) is 0.695. The van der Waals surface area contributed by atoms with Gasteiger partial charge in [0, 0.05) is 6.54 Å². The zero-order valence-corrected chi connectivity index (χ0v) is 10.8. The number of pyridine rings is 1. The number of nitrogen functional groups attached to an aromatic ring is 1. The molecule has 0 unspecified atom stereocenters. The molecule has 6 heteroatoms. The fourth-order valence-corrected chi connectivity index (χ4v) is 2.93. The number of hydrogen-bond acceptors (Lipinski definition) is 4. The summed E-state index contributed by atoms with van der Waals surface area (Å²) in [6.45, 7) is 0.740. The molecule has 1 aliphatic rings. The highest BCUT2D eigenvalue weighted by molar-refractivity contribution is 5.86. The van der Waals surface area contributed by atoms with Crippen LogP contribution >= 0.6 is 0 Å². The Labute approximate surface area is 114 Å². The van der Waals surface area contributed by atoms with Crippen LogP contribution in [0.25, 0.3) is 22.3 Å². The lowest BCUT2D eigenvalue weighted by atomic mass is 10.00. The van der Waals surface area contributed by atoms with Gasteiger partial charge in [-0.1, -0.05) is 18.2 Å². The summed E-state index contributed by atoms with van der Waals surface area (Å²) < 4.78 is 1.84. The molecule has 3 heterocycles. The Balaban J connectivity index is 2.10. The molecular formula is C14H13N5O. The maximum absolute atomic E-state index is 12.6. The first-order valence-corrected chi connectivity index (χ1v) is 6.58. The average molecular weight is 267 g/mol. The smallest absolute Gasteiger partial charge is 0.262 e. The van der Waals surface area contributed by atoms with Gasteiger partial charge >= 0.3 is 0 Å². The van der Waals surface area contributed by atoms with E-state index in [1.807, 2.05) is 22.8 Å². The molecule has 0 saturated heterocycles. The molecule has 2 aromatic heterocycles. The van der Waals surface area contributed by atoms with E-state index in [1.165, 1.54) is 5.56 Å². The molecule has 0 spiro atoms. The molecule has 6 nitrogen and oxygen atoms in total. The summed E-state index contributed by atoms with van der Waals surface area (Å²) >= 11 is 0. The van der Waals surface area contributed by atoms with E-state index in [2.05, 4.69) is 21.2 Å². The molecule has 0 bridgehead atoms. The van der Waals surface area contributed by atoms with E-state index >= 15 is 0 Å². The molecule has 0 radical (unpaired) electrons. The van der Waals surface area contributed by atoms with Crippen molar-refractivity contribution in [3.63, 3.8) is 0 Å². The van der Waals surface area contributed by atoms with Crippen LogP contribution in [-0.2, 0) is 13.0 Å². The molecule has 1 aliphatic heterocycles. The second kappa shape index (κ2) is 3.93. The number of nitrogens with one attached hydrogen (secondary N) is 1. The molecule has 0 aliphatic carbocycles. The van der Waals surface area contributed by atoms with Crippen LogP contribution in [0.15, 0.2) is 29.1 Å². The minimum Gasteiger partial charge on any atom is -0.366 e. The standard InChI is InChI=1S/C14H13N5O/c15-14-16-12(17-18-14)10-7-9-4-1-3-8-5-2-6-19(11(8)9)13(10)20/h1,3-4,7H,2,5-6H2,(H3,15,16,17,18). The van der Waals surface area contributed by atoms with E-state index in [0.717, 1.165) is 30.3 Å². The van der Waals surface area contributed by atoms with E-state index in [4.69, 9.17) is 5.73 Å². The first-order chi connectivity index (χ1) is 9.74. The molecule has 0 atom stereocenters. The minimum absolute atomic E-state index is 0.0409. The first-order valence-electron chi connectivity index (χ1n) is 6.58. The monoisotopic (exact) mass is 267 g/mol. The van der Waals surface area contributed by atoms with Gasteiger partial charge in [-0.15, -0.1) is 5.10 Å².